The van der Waals surface area contributed by atoms with E-state index in [0.29, 0.717) is 66.6 Å². The number of fused-ring (bicyclic) bond motifs is 1. The Morgan fingerprint density at radius 3 is 2.53 bits per heavy atom. The van der Waals surface area contributed by atoms with E-state index in [1.807, 2.05) is 19.1 Å². The standard InChI is InChI=1S/C42H43N7O10/c1-4-58-36-22-31(27(21-35(36)57-3)18-19-43-25(2)50)34(51)16-12-26-10-13-29(14-11-26)59-24-28-23-48(47-46-28)20-6-9-37(52)44-32-8-5-7-30-39(32)42(56)49(41(30)55)33-15-17-38(53)45-40(33)54/h5,7-8,10-14,16,21-23,33H,4,6,9,15,17-20,24H2,1-3H3,(H,43,50)(H,44,52)(H,45,53,54)/b16-12+. The number of nitrogens with zero attached hydrogens (tertiary/aromatic N) is 4. The van der Waals surface area contributed by atoms with E-state index in [-0.39, 0.29) is 60.3 Å². The van der Waals surface area contributed by atoms with Crippen LogP contribution in [0.25, 0.3) is 6.08 Å². The number of piperidine rings is 1. The molecule has 0 spiro atoms. The molecule has 1 saturated heterocycles. The number of ether oxygens (including phenoxy) is 3. The molecule has 6 amide bonds. The number of amides is 6. The van der Waals surface area contributed by atoms with E-state index in [0.717, 1.165) is 10.5 Å². The van der Waals surface area contributed by atoms with E-state index in [1.165, 1.54) is 32.2 Å². The van der Waals surface area contributed by atoms with Crippen LogP contribution in [0, 0.1) is 0 Å². The molecule has 3 N–H and O–H groups in total. The van der Waals surface area contributed by atoms with Gasteiger partial charge in [-0.15, -0.1) is 5.10 Å². The van der Waals surface area contributed by atoms with Crippen molar-refractivity contribution < 1.29 is 47.8 Å². The Hall–Kier alpha value is -7.17. The second-order valence-corrected chi connectivity index (χ2v) is 13.7. The van der Waals surface area contributed by atoms with Crippen LogP contribution in [0.3, 0.4) is 0 Å². The molecular formula is C42H43N7O10. The van der Waals surface area contributed by atoms with E-state index in [1.54, 1.807) is 47.3 Å². The molecule has 2 aliphatic heterocycles. The molecule has 17 nitrogen and oxygen atoms in total. The molecule has 3 aromatic carbocycles. The third kappa shape index (κ3) is 10.0. The van der Waals surface area contributed by atoms with Crippen molar-refractivity contribution in [1.82, 2.24) is 30.5 Å². The highest BCUT2D eigenvalue weighted by Gasteiger charge is 2.45. The van der Waals surface area contributed by atoms with Crippen LogP contribution < -0.4 is 30.2 Å². The number of anilines is 1. The molecule has 0 radical (unpaired) electrons. The number of imide groups is 2. The number of carbonyl (C=O) groups excluding carboxylic acids is 7. The maximum absolute atomic E-state index is 13.4. The molecule has 0 aliphatic carbocycles. The number of nitrogens with one attached hydrogen (secondary N) is 3. The highest BCUT2D eigenvalue weighted by atomic mass is 16.5. The maximum atomic E-state index is 13.4. The summed E-state index contributed by atoms with van der Waals surface area (Å²) in [5.41, 5.74) is 2.73. The predicted octanol–water partition coefficient (Wildman–Crippen LogP) is 3.66. The van der Waals surface area contributed by atoms with Gasteiger partial charge in [0.2, 0.25) is 23.6 Å². The summed E-state index contributed by atoms with van der Waals surface area (Å²) < 4.78 is 18.6. The number of carbonyl (C=O) groups is 7. The molecule has 4 aromatic rings. The van der Waals surface area contributed by atoms with Crippen LogP contribution in [0.4, 0.5) is 5.69 Å². The quantitative estimate of drug-likeness (QED) is 0.0746. The summed E-state index contributed by atoms with van der Waals surface area (Å²) in [6.07, 6.45) is 5.81. The van der Waals surface area contributed by atoms with E-state index in [2.05, 4.69) is 26.3 Å². The fourth-order valence-corrected chi connectivity index (χ4v) is 6.68. The van der Waals surface area contributed by atoms with Gasteiger partial charge in [-0.25, -0.2) is 0 Å². The van der Waals surface area contributed by atoms with Gasteiger partial charge in [-0.1, -0.05) is 29.5 Å². The second-order valence-electron chi connectivity index (χ2n) is 13.7. The van der Waals surface area contributed by atoms with Crippen molar-refractivity contribution in [3.63, 3.8) is 0 Å². The third-order valence-electron chi connectivity index (χ3n) is 9.54. The maximum Gasteiger partial charge on any atom is 0.264 e. The molecule has 6 rings (SSSR count). The third-order valence-corrected chi connectivity index (χ3v) is 9.54. The first kappa shape index (κ1) is 41.5. The molecule has 17 heteroatoms. The lowest BCUT2D eigenvalue weighted by Crippen LogP contribution is -2.54. The SMILES string of the molecule is CCOc1cc(C(=O)/C=C/c2ccc(OCc3cn(CCCC(=O)Nc4cccc5c4C(=O)N(C4CCC(=O)NC4=O)C5=O)nn3)cc2)c(CCNC(C)=O)cc1OC. The fraction of sp³-hybridized carbons (Fsp3) is 0.310. The van der Waals surface area contributed by atoms with Gasteiger partial charge in [0.25, 0.3) is 11.8 Å². The van der Waals surface area contributed by atoms with Gasteiger partial charge in [-0.3, -0.25) is 48.5 Å². The Morgan fingerprint density at radius 1 is 1.00 bits per heavy atom. The first-order valence-corrected chi connectivity index (χ1v) is 19.0. The van der Waals surface area contributed by atoms with Crippen molar-refractivity contribution in [2.24, 2.45) is 0 Å². The van der Waals surface area contributed by atoms with Crippen LogP contribution in [0.1, 0.15) is 87.4 Å². The average Bonchev–Trinajstić information content (AvgIpc) is 3.77. The van der Waals surface area contributed by atoms with Gasteiger partial charge in [0.1, 0.15) is 24.1 Å². The Labute approximate surface area is 339 Å². The van der Waals surface area contributed by atoms with Crippen molar-refractivity contribution in [3.8, 4) is 17.2 Å². The topological polar surface area (TPSA) is 217 Å². The van der Waals surface area contributed by atoms with E-state index in [4.69, 9.17) is 14.2 Å². The summed E-state index contributed by atoms with van der Waals surface area (Å²) in [6, 6.07) is 14.0. The summed E-state index contributed by atoms with van der Waals surface area (Å²) >= 11 is 0. The predicted molar refractivity (Wildman–Crippen MR) is 212 cm³/mol. The average molecular weight is 806 g/mol. The number of hydrogen-bond donors (Lipinski definition) is 3. The monoisotopic (exact) mass is 805 g/mol. The van der Waals surface area contributed by atoms with Crippen molar-refractivity contribution in [2.75, 3.05) is 25.6 Å². The number of hydrogen-bond acceptors (Lipinski definition) is 12. The lowest BCUT2D eigenvalue weighted by Gasteiger charge is -2.27. The largest absolute Gasteiger partial charge is 0.493 e. The van der Waals surface area contributed by atoms with Gasteiger partial charge >= 0.3 is 0 Å². The number of rotatable bonds is 18. The number of aromatic nitrogens is 3. The highest BCUT2D eigenvalue weighted by molar-refractivity contribution is 6.26. The molecule has 59 heavy (non-hydrogen) atoms. The molecule has 3 heterocycles. The molecule has 306 valence electrons. The Balaban J connectivity index is 0.976. The van der Waals surface area contributed by atoms with Crippen molar-refractivity contribution in [2.45, 2.75) is 65.1 Å². The smallest absolute Gasteiger partial charge is 0.264 e. The Kier molecular flexibility index (Phi) is 13.2. The number of benzene rings is 3. The van der Waals surface area contributed by atoms with E-state index < -0.39 is 29.7 Å². The fourth-order valence-electron chi connectivity index (χ4n) is 6.68. The van der Waals surface area contributed by atoms with E-state index in [9.17, 15) is 33.6 Å². The molecular weight excluding hydrogens is 763 g/mol. The number of methoxy groups -OCH3 is 1. The van der Waals surface area contributed by atoms with Gasteiger partial charge < -0.3 is 24.8 Å². The van der Waals surface area contributed by atoms with Crippen molar-refractivity contribution >= 4 is 53.0 Å². The van der Waals surface area contributed by atoms with Gasteiger partial charge in [0, 0.05) is 38.4 Å². The minimum Gasteiger partial charge on any atom is -0.493 e. The summed E-state index contributed by atoms with van der Waals surface area (Å²) in [7, 11) is 1.53. The lowest BCUT2D eigenvalue weighted by molar-refractivity contribution is -0.136. The van der Waals surface area contributed by atoms with Crippen LogP contribution >= 0.6 is 0 Å². The number of aryl methyl sites for hydroxylation is 1. The number of allylic oxidation sites excluding steroid dienone is 1. The first-order valence-electron chi connectivity index (χ1n) is 19.0. The molecule has 1 aromatic heterocycles. The van der Waals surface area contributed by atoms with Gasteiger partial charge in [0.15, 0.2) is 17.3 Å². The van der Waals surface area contributed by atoms with Crippen LogP contribution in [0.2, 0.25) is 0 Å². The van der Waals surface area contributed by atoms with Crippen LogP contribution in [0.5, 0.6) is 17.2 Å². The Morgan fingerprint density at radius 2 is 1.80 bits per heavy atom. The molecule has 1 fully saturated rings. The summed E-state index contributed by atoms with van der Waals surface area (Å²) in [4.78, 5) is 88.9. The van der Waals surface area contributed by atoms with Crippen LogP contribution in [-0.4, -0.2) is 87.4 Å². The molecule has 0 saturated carbocycles. The van der Waals surface area contributed by atoms with Crippen LogP contribution in [0.15, 0.2) is 66.9 Å². The number of ketones is 1. The summed E-state index contributed by atoms with van der Waals surface area (Å²) in [6.45, 7) is 4.54. The zero-order chi connectivity index (χ0) is 42.1. The highest BCUT2D eigenvalue weighted by Crippen LogP contribution is 2.33. The second kappa shape index (κ2) is 18.8. The zero-order valence-corrected chi connectivity index (χ0v) is 32.7. The van der Waals surface area contributed by atoms with Gasteiger partial charge in [-0.2, -0.15) is 0 Å². The van der Waals surface area contributed by atoms with Crippen LogP contribution in [-0.2, 0) is 38.8 Å². The van der Waals surface area contributed by atoms with Gasteiger partial charge in [-0.05, 0) is 79.8 Å². The molecule has 1 unspecified atom stereocenters. The summed E-state index contributed by atoms with van der Waals surface area (Å²) in [5, 5.41) is 15.9. The zero-order valence-electron chi connectivity index (χ0n) is 32.7. The minimum atomic E-state index is -1.11. The first-order chi connectivity index (χ1) is 28.4. The normalized spacial score (nSPS) is 14.9. The lowest BCUT2D eigenvalue weighted by atomic mass is 9.99. The Bertz CT molecular complexity index is 2320. The molecule has 1 atom stereocenters. The van der Waals surface area contributed by atoms with Crippen molar-refractivity contribution in [1.29, 1.82) is 0 Å². The van der Waals surface area contributed by atoms with Gasteiger partial charge in [0.05, 0.1) is 36.7 Å². The summed E-state index contributed by atoms with van der Waals surface area (Å²) in [5.74, 6) is -1.80. The van der Waals surface area contributed by atoms with E-state index >= 15 is 0 Å². The molecule has 2 aliphatic rings. The minimum absolute atomic E-state index is 0.00214. The molecule has 0 bridgehead atoms. The van der Waals surface area contributed by atoms with Crippen molar-refractivity contribution in [3.05, 3.63) is 100 Å².